The fraction of sp³-hybridized carbons (Fsp3) is 0.0250. The Balaban J connectivity index is 0.000000452. The van der Waals surface area contributed by atoms with Crippen molar-refractivity contribution in [1.82, 2.24) is 4.98 Å². The highest BCUT2D eigenvalue weighted by Gasteiger charge is 2.19. The number of nitrogens with two attached hydrogens (primary N) is 1. The Kier molecular flexibility index (Phi) is 8.42. The third-order valence-electron chi connectivity index (χ3n) is 7.69. The van der Waals surface area contributed by atoms with Gasteiger partial charge >= 0.3 is 0 Å². The van der Waals surface area contributed by atoms with Gasteiger partial charge in [-0.3, -0.25) is 10.4 Å². The Morgan fingerprint density at radius 3 is 2.27 bits per heavy atom. The zero-order valence-corrected chi connectivity index (χ0v) is 25.1. The first-order valence-electron chi connectivity index (χ1n) is 14.7. The normalized spacial score (nSPS) is 13.0. The van der Waals surface area contributed by atoms with Crippen molar-refractivity contribution in [2.24, 2.45) is 10.7 Å². The van der Waals surface area contributed by atoms with Crippen LogP contribution in [-0.2, 0) is 0 Å². The Morgan fingerprint density at radius 2 is 1.47 bits per heavy atom. The standard InChI is InChI=1S/C33H25N5.C7H8/c1-22-27-12-4-2-10-24(27)17-18-38(31-16-7-6-13-28(22)31)26-19-25(20-36-21-26)32(34)37-33(35)30-15-8-11-23-9-3-5-14-29(23)30;1-7-5-3-2-4-6-7/h2-21H,1H2,(H3,34,35,37);2-6H,1H3/b18-17-;. The molecule has 5 heteroatoms. The third-order valence-corrected chi connectivity index (χ3v) is 7.69. The second kappa shape index (κ2) is 13.1. The molecular formula is C40H33N5. The summed E-state index contributed by atoms with van der Waals surface area (Å²) in [5, 5.41) is 10.8. The smallest absolute Gasteiger partial charge is 0.155 e. The largest absolute Gasteiger partial charge is 0.383 e. The van der Waals surface area contributed by atoms with E-state index in [0.29, 0.717) is 11.4 Å². The number of hydrogen-bond donors (Lipinski definition) is 2. The van der Waals surface area contributed by atoms with E-state index in [0.717, 1.165) is 50.0 Å². The molecule has 0 bridgehead atoms. The van der Waals surface area contributed by atoms with Gasteiger partial charge in [0.05, 0.1) is 17.6 Å². The van der Waals surface area contributed by atoms with Gasteiger partial charge in [0.1, 0.15) is 5.84 Å². The second-order valence-corrected chi connectivity index (χ2v) is 10.7. The summed E-state index contributed by atoms with van der Waals surface area (Å²) in [5.74, 6) is 0.338. The van der Waals surface area contributed by atoms with E-state index in [-0.39, 0.29) is 5.84 Å². The lowest BCUT2D eigenvalue weighted by atomic mass is 9.92. The Hall–Kier alpha value is -6.07. The number of nitrogens with one attached hydrogen (secondary N) is 1. The average Bonchev–Trinajstić information content (AvgIpc) is 3.08. The number of aliphatic imine (C=N–C) groups is 1. The van der Waals surface area contributed by atoms with E-state index in [1.54, 1.807) is 12.4 Å². The van der Waals surface area contributed by atoms with E-state index in [9.17, 15) is 0 Å². The van der Waals surface area contributed by atoms with Crippen molar-refractivity contribution in [2.45, 2.75) is 6.92 Å². The highest BCUT2D eigenvalue weighted by molar-refractivity contribution is 6.15. The molecule has 0 spiro atoms. The van der Waals surface area contributed by atoms with Gasteiger partial charge in [-0.25, -0.2) is 4.99 Å². The molecule has 3 N–H and O–H groups in total. The van der Waals surface area contributed by atoms with Gasteiger partial charge in [-0.15, -0.1) is 0 Å². The van der Waals surface area contributed by atoms with Crippen LogP contribution in [0.4, 0.5) is 11.4 Å². The Bertz CT molecular complexity index is 2070. The monoisotopic (exact) mass is 583 g/mol. The minimum absolute atomic E-state index is 0.0452. The number of pyridine rings is 1. The van der Waals surface area contributed by atoms with Crippen molar-refractivity contribution in [3.8, 4) is 0 Å². The predicted molar refractivity (Wildman–Crippen MR) is 189 cm³/mol. The van der Waals surface area contributed by atoms with E-state index < -0.39 is 0 Å². The predicted octanol–water partition coefficient (Wildman–Crippen LogP) is 9.14. The molecule has 0 fully saturated rings. The molecule has 5 aromatic carbocycles. The summed E-state index contributed by atoms with van der Waals surface area (Å²) in [4.78, 5) is 11.0. The molecule has 2 heterocycles. The summed E-state index contributed by atoms with van der Waals surface area (Å²) in [5.41, 5.74) is 15.0. The summed E-state index contributed by atoms with van der Waals surface area (Å²) >= 11 is 0. The fourth-order valence-electron chi connectivity index (χ4n) is 5.38. The van der Waals surface area contributed by atoms with Gasteiger partial charge in [0.15, 0.2) is 5.84 Å². The molecule has 0 unspecified atom stereocenters. The van der Waals surface area contributed by atoms with Crippen LogP contribution in [0.2, 0.25) is 0 Å². The number of nitrogens with zero attached hydrogens (tertiary/aromatic N) is 3. The van der Waals surface area contributed by atoms with Gasteiger partial charge < -0.3 is 10.6 Å². The van der Waals surface area contributed by atoms with Gasteiger partial charge in [-0.2, -0.15) is 0 Å². The maximum atomic E-state index is 8.72. The average molecular weight is 584 g/mol. The number of aromatic nitrogens is 1. The topological polar surface area (TPSA) is 78.4 Å². The van der Waals surface area contributed by atoms with Gasteiger partial charge in [-0.05, 0) is 52.6 Å². The van der Waals surface area contributed by atoms with Crippen LogP contribution in [0.1, 0.15) is 33.4 Å². The lowest BCUT2D eigenvalue weighted by Crippen LogP contribution is -2.17. The molecule has 0 saturated carbocycles. The minimum atomic E-state index is 0.0452. The zero-order chi connectivity index (χ0) is 31.2. The quantitative estimate of drug-likeness (QED) is 0.161. The van der Waals surface area contributed by atoms with Crippen LogP contribution in [-0.4, -0.2) is 16.7 Å². The minimum Gasteiger partial charge on any atom is -0.383 e. The lowest BCUT2D eigenvalue weighted by Gasteiger charge is -2.27. The molecule has 0 saturated heterocycles. The zero-order valence-electron chi connectivity index (χ0n) is 25.1. The number of benzene rings is 5. The number of amidine groups is 2. The van der Waals surface area contributed by atoms with E-state index in [1.165, 1.54) is 5.56 Å². The number of aryl methyl sites for hydroxylation is 1. The summed E-state index contributed by atoms with van der Waals surface area (Å²) in [6.07, 6.45) is 7.53. The molecule has 0 aliphatic carbocycles. The molecular weight excluding hydrogens is 550 g/mol. The van der Waals surface area contributed by atoms with Crippen molar-refractivity contribution >= 4 is 45.5 Å². The Morgan fingerprint density at radius 1 is 0.778 bits per heavy atom. The maximum absolute atomic E-state index is 8.72. The number of para-hydroxylation sites is 1. The highest BCUT2D eigenvalue weighted by Crippen LogP contribution is 2.38. The van der Waals surface area contributed by atoms with E-state index in [1.807, 2.05) is 97.2 Å². The molecule has 1 aliphatic heterocycles. The fourth-order valence-corrected chi connectivity index (χ4v) is 5.38. The molecule has 218 valence electrons. The van der Waals surface area contributed by atoms with Crippen LogP contribution in [0, 0.1) is 12.3 Å². The van der Waals surface area contributed by atoms with Crippen LogP contribution in [0.25, 0.3) is 22.4 Å². The molecule has 7 rings (SSSR count). The van der Waals surface area contributed by atoms with Crippen LogP contribution in [0.5, 0.6) is 0 Å². The summed E-state index contributed by atoms with van der Waals surface area (Å²) in [7, 11) is 0. The first kappa shape index (κ1) is 29.0. The van der Waals surface area contributed by atoms with Crippen molar-refractivity contribution in [3.05, 3.63) is 186 Å². The van der Waals surface area contributed by atoms with E-state index in [2.05, 4.69) is 70.9 Å². The van der Waals surface area contributed by atoms with Gasteiger partial charge in [0.25, 0.3) is 0 Å². The number of hydrogen-bond acceptors (Lipinski definition) is 3. The Labute approximate surface area is 263 Å². The number of rotatable bonds is 3. The number of fused-ring (bicyclic) bond motifs is 3. The lowest BCUT2D eigenvalue weighted by molar-refractivity contribution is 1.21. The molecule has 1 aromatic heterocycles. The maximum Gasteiger partial charge on any atom is 0.155 e. The summed E-state index contributed by atoms with van der Waals surface area (Å²) in [6, 6.07) is 42.5. The molecule has 6 aromatic rings. The van der Waals surface area contributed by atoms with E-state index >= 15 is 0 Å². The van der Waals surface area contributed by atoms with Crippen LogP contribution < -0.4 is 10.6 Å². The first-order chi connectivity index (χ1) is 22.0. The molecule has 45 heavy (non-hydrogen) atoms. The van der Waals surface area contributed by atoms with Crippen molar-refractivity contribution in [1.29, 1.82) is 5.41 Å². The second-order valence-electron chi connectivity index (χ2n) is 10.7. The molecule has 5 nitrogen and oxygen atoms in total. The first-order valence-corrected chi connectivity index (χ1v) is 14.7. The molecule has 0 radical (unpaired) electrons. The summed E-state index contributed by atoms with van der Waals surface area (Å²) < 4.78 is 0. The molecule has 0 atom stereocenters. The number of anilines is 2. The van der Waals surface area contributed by atoms with Crippen molar-refractivity contribution < 1.29 is 0 Å². The van der Waals surface area contributed by atoms with Gasteiger partial charge in [0, 0.05) is 29.1 Å². The summed E-state index contributed by atoms with van der Waals surface area (Å²) in [6.45, 7) is 6.50. The molecule has 0 amide bonds. The highest BCUT2D eigenvalue weighted by atomic mass is 15.1. The van der Waals surface area contributed by atoms with Crippen LogP contribution in [0.15, 0.2) is 158 Å². The van der Waals surface area contributed by atoms with Crippen molar-refractivity contribution in [3.63, 3.8) is 0 Å². The van der Waals surface area contributed by atoms with Gasteiger partial charge in [-0.1, -0.05) is 127 Å². The van der Waals surface area contributed by atoms with Crippen LogP contribution >= 0.6 is 0 Å². The van der Waals surface area contributed by atoms with E-state index in [4.69, 9.17) is 11.1 Å². The third kappa shape index (κ3) is 6.33. The van der Waals surface area contributed by atoms with Crippen molar-refractivity contribution in [2.75, 3.05) is 4.90 Å². The van der Waals surface area contributed by atoms with Crippen LogP contribution in [0.3, 0.4) is 0 Å². The van der Waals surface area contributed by atoms with Gasteiger partial charge in [0.2, 0.25) is 0 Å². The SMILES string of the molecule is C=C1c2ccccc2/C=C\N(c2cncc(C(=N)N=C(N)c3cccc4ccccc34)c2)c2ccccc21.Cc1ccccc1. The molecule has 1 aliphatic rings.